The number of likely N-dealkylation sites (N-methyl/N-ethyl adjacent to an activating group) is 1. The van der Waals surface area contributed by atoms with Gasteiger partial charge in [-0.2, -0.15) is 0 Å². The number of hydroxylamine groups is 2. The number of aliphatic carboxylic acids is 1. The molecule has 0 fully saturated rings. The fourth-order valence-corrected chi connectivity index (χ4v) is 2.01. The second-order valence-corrected chi connectivity index (χ2v) is 3.84. The molecule has 0 saturated carbocycles. The molecule has 1 heterocycles. The number of nitrogens with zero attached hydrogens (tertiary/aromatic N) is 1. The van der Waals surface area contributed by atoms with Gasteiger partial charge in [-0.05, 0) is 13.0 Å². The second kappa shape index (κ2) is 4.18. The van der Waals surface area contributed by atoms with Crippen molar-refractivity contribution in [3.63, 3.8) is 0 Å². The summed E-state index contributed by atoms with van der Waals surface area (Å²) in [7, 11) is 1.58. The molecule has 1 atom stereocenters. The van der Waals surface area contributed by atoms with E-state index in [9.17, 15) is 9.18 Å². The minimum Gasteiger partial charge on any atom is -0.478 e. The highest BCUT2D eigenvalue weighted by molar-refractivity contribution is 5.89. The summed E-state index contributed by atoms with van der Waals surface area (Å²) in [6, 6.07) is 5.37. The van der Waals surface area contributed by atoms with Crippen LogP contribution >= 0.6 is 0 Å². The molecule has 90 valence electrons. The average molecular weight is 237 g/mol. The predicted molar refractivity (Wildman–Crippen MR) is 58.3 cm³/mol. The summed E-state index contributed by atoms with van der Waals surface area (Å²) >= 11 is 0. The molecule has 0 aliphatic carbocycles. The fraction of sp³-hybridized carbons (Fsp3) is 0.250. The maximum atomic E-state index is 13.7. The molecular weight excluding hydrogens is 225 g/mol. The molecule has 1 N–H and O–H groups in total. The molecular formula is C12H12FNO3. The lowest BCUT2D eigenvalue weighted by molar-refractivity contribution is -0.134. The molecule has 0 aromatic heterocycles. The first kappa shape index (κ1) is 11.6. The standard InChI is InChI=1S/C12H12FNO3/c1-7-10(12(15)16)11(14(2)17-7)8-5-3-4-6-9(8)13/h3-6,11H,1-2H3,(H,15,16). The largest absolute Gasteiger partial charge is 0.478 e. The number of carboxylic acid groups (broad SMARTS) is 1. The van der Waals surface area contributed by atoms with Crippen molar-refractivity contribution < 1.29 is 19.1 Å². The Kier molecular flexibility index (Phi) is 2.85. The van der Waals surface area contributed by atoms with E-state index in [0.717, 1.165) is 0 Å². The van der Waals surface area contributed by atoms with Gasteiger partial charge in [-0.15, -0.1) is 5.06 Å². The first-order valence-electron chi connectivity index (χ1n) is 5.11. The van der Waals surface area contributed by atoms with Crippen molar-refractivity contribution in [1.82, 2.24) is 5.06 Å². The Bertz CT molecular complexity index is 498. The van der Waals surface area contributed by atoms with Gasteiger partial charge in [0.2, 0.25) is 0 Å². The molecule has 1 aromatic carbocycles. The normalized spacial score (nSPS) is 20.5. The first-order chi connectivity index (χ1) is 8.02. The fourth-order valence-electron chi connectivity index (χ4n) is 2.01. The van der Waals surface area contributed by atoms with Gasteiger partial charge in [0.15, 0.2) is 0 Å². The molecule has 1 aliphatic heterocycles. The van der Waals surface area contributed by atoms with Gasteiger partial charge in [0.05, 0.1) is 0 Å². The van der Waals surface area contributed by atoms with E-state index in [4.69, 9.17) is 9.94 Å². The topological polar surface area (TPSA) is 49.8 Å². The van der Waals surface area contributed by atoms with Crippen LogP contribution in [0.15, 0.2) is 35.6 Å². The van der Waals surface area contributed by atoms with Crippen molar-refractivity contribution in [3.05, 3.63) is 47.0 Å². The summed E-state index contributed by atoms with van der Waals surface area (Å²) in [6.07, 6.45) is 0. The molecule has 4 nitrogen and oxygen atoms in total. The Morgan fingerprint density at radius 3 is 2.71 bits per heavy atom. The SMILES string of the molecule is CC1=C(C(=O)O)C(c2ccccc2F)N(C)O1. The van der Waals surface area contributed by atoms with Gasteiger partial charge in [-0.25, -0.2) is 9.18 Å². The van der Waals surface area contributed by atoms with Gasteiger partial charge >= 0.3 is 5.97 Å². The lowest BCUT2D eigenvalue weighted by Gasteiger charge is -2.19. The van der Waals surface area contributed by atoms with E-state index < -0.39 is 17.8 Å². The van der Waals surface area contributed by atoms with Crippen molar-refractivity contribution in [2.24, 2.45) is 0 Å². The van der Waals surface area contributed by atoms with Crippen LogP contribution in [0.1, 0.15) is 18.5 Å². The molecule has 5 heteroatoms. The minimum atomic E-state index is -1.10. The monoisotopic (exact) mass is 237 g/mol. The van der Waals surface area contributed by atoms with Gasteiger partial charge in [0.1, 0.15) is 23.2 Å². The molecule has 0 bridgehead atoms. The molecule has 17 heavy (non-hydrogen) atoms. The molecule has 1 aliphatic rings. The van der Waals surface area contributed by atoms with Crippen LogP contribution in [-0.2, 0) is 9.63 Å². The van der Waals surface area contributed by atoms with Crippen molar-refractivity contribution in [1.29, 1.82) is 0 Å². The lowest BCUT2D eigenvalue weighted by Crippen LogP contribution is -2.22. The van der Waals surface area contributed by atoms with Crippen LogP contribution in [0.2, 0.25) is 0 Å². The van der Waals surface area contributed by atoms with Gasteiger partial charge in [-0.1, -0.05) is 18.2 Å². The van der Waals surface area contributed by atoms with Crippen LogP contribution in [0.3, 0.4) is 0 Å². The maximum Gasteiger partial charge on any atom is 0.337 e. The van der Waals surface area contributed by atoms with Gasteiger partial charge in [0, 0.05) is 12.6 Å². The molecule has 0 spiro atoms. The van der Waals surface area contributed by atoms with Gasteiger partial charge in [0.25, 0.3) is 0 Å². The maximum absolute atomic E-state index is 13.7. The number of carbonyl (C=O) groups is 1. The molecule has 1 unspecified atom stereocenters. The summed E-state index contributed by atoms with van der Waals surface area (Å²) in [5.74, 6) is -1.25. The zero-order valence-electron chi connectivity index (χ0n) is 9.48. The van der Waals surface area contributed by atoms with E-state index in [-0.39, 0.29) is 11.3 Å². The number of halogens is 1. The van der Waals surface area contributed by atoms with E-state index in [1.54, 1.807) is 32.2 Å². The summed E-state index contributed by atoms with van der Waals surface area (Å²) in [5.41, 5.74) is 0.363. The highest BCUT2D eigenvalue weighted by Crippen LogP contribution is 2.37. The van der Waals surface area contributed by atoms with Crippen molar-refractivity contribution in [2.75, 3.05) is 7.05 Å². The van der Waals surface area contributed by atoms with Crippen LogP contribution in [-0.4, -0.2) is 23.2 Å². The summed E-state index contributed by atoms with van der Waals surface area (Å²) < 4.78 is 13.7. The summed E-state index contributed by atoms with van der Waals surface area (Å²) in [6.45, 7) is 1.56. The zero-order valence-corrected chi connectivity index (χ0v) is 9.48. The molecule has 0 saturated heterocycles. The second-order valence-electron chi connectivity index (χ2n) is 3.84. The number of allylic oxidation sites excluding steroid dienone is 1. The van der Waals surface area contributed by atoms with Crippen LogP contribution in [0.25, 0.3) is 0 Å². The van der Waals surface area contributed by atoms with E-state index >= 15 is 0 Å². The average Bonchev–Trinajstić information content (AvgIpc) is 2.54. The smallest absolute Gasteiger partial charge is 0.337 e. The third-order valence-electron chi connectivity index (χ3n) is 2.73. The van der Waals surface area contributed by atoms with Gasteiger partial charge < -0.3 is 9.94 Å². The third-order valence-corrected chi connectivity index (χ3v) is 2.73. The van der Waals surface area contributed by atoms with E-state index in [1.807, 2.05) is 0 Å². The van der Waals surface area contributed by atoms with Crippen molar-refractivity contribution in [2.45, 2.75) is 13.0 Å². The van der Waals surface area contributed by atoms with E-state index in [2.05, 4.69) is 0 Å². The van der Waals surface area contributed by atoms with Crippen LogP contribution < -0.4 is 0 Å². The van der Waals surface area contributed by atoms with Crippen molar-refractivity contribution >= 4 is 5.97 Å². The summed E-state index contributed by atoms with van der Waals surface area (Å²) in [5, 5.41) is 10.5. The Balaban J connectivity index is 2.51. The van der Waals surface area contributed by atoms with Crippen LogP contribution in [0, 0.1) is 5.82 Å². The van der Waals surface area contributed by atoms with Crippen molar-refractivity contribution in [3.8, 4) is 0 Å². The van der Waals surface area contributed by atoms with Gasteiger partial charge in [-0.3, -0.25) is 0 Å². The van der Waals surface area contributed by atoms with E-state index in [0.29, 0.717) is 5.56 Å². The van der Waals surface area contributed by atoms with Crippen LogP contribution in [0.5, 0.6) is 0 Å². The summed E-state index contributed by atoms with van der Waals surface area (Å²) in [4.78, 5) is 16.4. The number of hydrogen-bond acceptors (Lipinski definition) is 3. The number of rotatable bonds is 2. The molecule has 2 rings (SSSR count). The van der Waals surface area contributed by atoms with E-state index in [1.165, 1.54) is 11.1 Å². The molecule has 0 radical (unpaired) electrons. The Hall–Kier alpha value is -1.88. The highest BCUT2D eigenvalue weighted by Gasteiger charge is 2.37. The third kappa shape index (κ3) is 1.89. The Labute approximate surface area is 97.9 Å². The number of carboxylic acids is 1. The molecule has 0 amide bonds. The highest BCUT2D eigenvalue weighted by atomic mass is 19.1. The number of hydrogen-bond donors (Lipinski definition) is 1. The number of benzene rings is 1. The predicted octanol–water partition coefficient (Wildman–Crippen LogP) is 2.10. The Morgan fingerprint density at radius 2 is 2.12 bits per heavy atom. The molecule has 1 aromatic rings. The quantitative estimate of drug-likeness (QED) is 0.855. The minimum absolute atomic E-state index is 0.0672. The Morgan fingerprint density at radius 1 is 1.47 bits per heavy atom. The first-order valence-corrected chi connectivity index (χ1v) is 5.11. The zero-order chi connectivity index (χ0) is 12.6. The lowest BCUT2D eigenvalue weighted by atomic mass is 9.98. The van der Waals surface area contributed by atoms with Crippen LogP contribution in [0.4, 0.5) is 4.39 Å².